The lowest BCUT2D eigenvalue weighted by atomic mass is 9.93. The van der Waals surface area contributed by atoms with Crippen LogP contribution in [-0.4, -0.2) is 65.1 Å². The minimum Gasteiger partial charge on any atom is -0.474 e. The first-order valence-electron chi connectivity index (χ1n) is 12.3. The maximum atomic E-state index is 9.78. The number of aromatic nitrogens is 6. The maximum absolute atomic E-state index is 9.78. The first-order chi connectivity index (χ1) is 17.5. The van der Waals surface area contributed by atoms with Crippen LogP contribution in [0.2, 0.25) is 5.02 Å². The zero-order valence-corrected chi connectivity index (χ0v) is 20.8. The monoisotopic (exact) mass is 511 g/mol. The molecule has 1 saturated carbocycles. The highest BCUT2D eigenvalue weighted by molar-refractivity contribution is 6.30. The van der Waals surface area contributed by atoms with E-state index in [1.807, 2.05) is 25.4 Å². The fourth-order valence-corrected chi connectivity index (χ4v) is 4.84. The van der Waals surface area contributed by atoms with E-state index in [2.05, 4.69) is 25.1 Å². The van der Waals surface area contributed by atoms with Crippen LogP contribution in [0.4, 0.5) is 5.82 Å². The van der Waals surface area contributed by atoms with Crippen LogP contribution in [0, 0.1) is 0 Å². The van der Waals surface area contributed by atoms with Gasteiger partial charge in [-0.05, 0) is 38.7 Å². The van der Waals surface area contributed by atoms with Crippen molar-refractivity contribution in [2.75, 3.05) is 18.5 Å². The molecule has 36 heavy (non-hydrogen) atoms. The Morgan fingerprint density at radius 3 is 2.78 bits per heavy atom. The molecule has 1 fully saturated rings. The Bertz CT molecular complexity index is 1320. The van der Waals surface area contributed by atoms with Crippen molar-refractivity contribution < 1.29 is 14.9 Å². The number of pyridine rings is 2. The number of hydrogen-bond acceptors (Lipinski definition) is 8. The van der Waals surface area contributed by atoms with E-state index in [1.54, 1.807) is 29.2 Å². The summed E-state index contributed by atoms with van der Waals surface area (Å²) in [6.45, 7) is 2.71. The molecule has 3 N–H and O–H groups in total. The third kappa shape index (κ3) is 5.30. The number of fused-ring (bicyclic) bond motifs is 1. The number of rotatable bonds is 9. The van der Waals surface area contributed by atoms with E-state index in [0.29, 0.717) is 10.9 Å². The minimum atomic E-state index is -0.865. The van der Waals surface area contributed by atoms with E-state index in [1.165, 1.54) is 0 Å². The van der Waals surface area contributed by atoms with E-state index < -0.39 is 6.10 Å². The number of nitrogens with one attached hydrogen (secondary N) is 1. The van der Waals surface area contributed by atoms with Gasteiger partial charge in [-0.15, -0.1) is 0 Å². The fourth-order valence-electron chi connectivity index (χ4n) is 4.69. The van der Waals surface area contributed by atoms with Crippen LogP contribution in [0.15, 0.2) is 43.0 Å². The Morgan fingerprint density at radius 1 is 1.19 bits per heavy atom. The molecule has 10 nitrogen and oxygen atoms in total. The predicted molar refractivity (Wildman–Crippen MR) is 137 cm³/mol. The van der Waals surface area contributed by atoms with Crippen molar-refractivity contribution in [3.63, 3.8) is 0 Å². The predicted octanol–water partition coefficient (Wildman–Crippen LogP) is 3.69. The number of nitrogens with zero attached hydrogens (tertiary/aromatic N) is 6. The van der Waals surface area contributed by atoms with Gasteiger partial charge in [0.2, 0.25) is 5.88 Å². The SMILES string of the molecule is CCNc1cc2c(cn1)c(-c1cnn(C[C@@H](O)CO)c1)nn2[C@H]1CC[C@@H](Oc2cc(Cl)ccn2)CC1. The molecule has 1 aliphatic carbocycles. The molecule has 0 radical (unpaired) electrons. The fraction of sp³-hybridized carbons (Fsp3) is 0.440. The minimum absolute atomic E-state index is 0.0867. The lowest BCUT2D eigenvalue weighted by Crippen LogP contribution is -2.26. The second-order valence-electron chi connectivity index (χ2n) is 9.06. The average molecular weight is 512 g/mol. The molecule has 0 unspecified atom stereocenters. The Balaban J connectivity index is 1.40. The van der Waals surface area contributed by atoms with Crippen molar-refractivity contribution >= 4 is 28.3 Å². The number of ether oxygens (including phenoxy) is 1. The molecule has 5 rings (SSSR count). The maximum Gasteiger partial charge on any atom is 0.214 e. The van der Waals surface area contributed by atoms with Gasteiger partial charge in [0.25, 0.3) is 0 Å². The molecule has 0 bridgehead atoms. The van der Waals surface area contributed by atoms with Gasteiger partial charge >= 0.3 is 0 Å². The molecule has 0 spiro atoms. The second kappa shape index (κ2) is 10.8. The third-order valence-electron chi connectivity index (χ3n) is 6.44. The molecule has 11 heteroatoms. The summed E-state index contributed by atoms with van der Waals surface area (Å²) in [5.74, 6) is 1.37. The molecular weight excluding hydrogens is 482 g/mol. The summed E-state index contributed by atoms with van der Waals surface area (Å²) in [6.07, 6.45) is 9.91. The van der Waals surface area contributed by atoms with Gasteiger partial charge in [0.05, 0.1) is 37.0 Å². The van der Waals surface area contributed by atoms with Crippen LogP contribution in [0.25, 0.3) is 22.2 Å². The van der Waals surface area contributed by atoms with Crippen molar-refractivity contribution in [3.8, 4) is 17.1 Å². The Hall–Kier alpha value is -3.21. The molecule has 1 aliphatic rings. The van der Waals surface area contributed by atoms with Crippen LogP contribution < -0.4 is 10.1 Å². The number of hydrogen-bond donors (Lipinski definition) is 3. The van der Waals surface area contributed by atoms with Gasteiger partial charge in [-0.25, -0.2) is 9.97 Å². The number of halogens is 1. The third-order valence-corrected chi connectivity index (χ3v) is 6.67. The topological polar surface area (TPSA) is 123 Å². The van der Waals surface area contributed by atoms with Crippen LogP contribution in [0.3, 0.4) is 0 Å². The number of anilines is 1. The van der Waals surface area contributed by atoms with Gasteiger partial charge in [-0.1, -0.05) is 11.6 Å². The van der Waals surface area contributed by atoms with E-state index in [-0.39, 0.29) is 25.3 Å². The van der Waals surface area contributed by atoms with Gasteiger partial charge < -0.3 is 20.3 Å². The Kier molecular flexibility index (Phi) is 7.35. The van der Waals surface area contributed by atoms with Crippen molar-refractivity contribution in [2.24, 2.45) is 0 Å². The smallest absolute Gasteiger partial charge is 0.214 e. The van der Waals surface area contributed by atoms with E-state index in [4.69, 9.17) is 26.5 Å². The largest absolute Gasteiger partial charge is 0.474 e. The standard InChI is InChI=1S/C25H30ClN7O3/c1-2-27-23-10-22-21(12-29-23)25(16-11-30-32(13-16)14-19(35)15-34)31-33(22)18-3-5-20(6-4-18)36-24-9-17(26)7-8-28-24/h7-13,18-20,34-35H,2-6,14-15H2,1H3,(H,27,29)/t18-,19-,20+/m1/s1. The van der Waals surface area contributed by atoms with Crippen molar-refractivity contribution in [1.29, 1.82) is 0 Å². The summed E-state index contributed by atoms with van der Waals surface area (Å²) < 4.78 is 9.81. The van der Waals surface area contributed by atoms with Gasteiger partial charge in [0.15, 0.2) is 0 Å². The van der Waals surface area contributed by atoms with E-state index >= 15 is 0 Å². The summed E-state index contributed by atoms with van der Waals surface area (Å²) >= 11 is 6.07. The molecule has 0 aliphatic heterocycles. The quantitative estimate of drug-likeness (QED) is 0.311. The summed E-state index contributed by atoms with van der Waals surface area (Å²) in [4.78, 5) is 8.84. The highest BCUT2D eigenvalue weighted by atomic mass is 35.5. The summed E-state index contributed by atoms with van der Waals surface area (Å²) in [6, 6.07) is 5.75. The highest BCUT2D eigenvalue weighted by Gasteiger charge is 2.27. The lowest BCUT2D eigenvalue weighted by molar-refractivity contribution is 0.0783. The average Bonchev–Trinajstić information content (AvgIpc) is 3.49. The van der Waals surface area contributed by atoms with E-state index in [9.17, 15) is 5.11 Å². The van der Waals surface area contributed by atoms with Gasteiger partial charge in [0.1, 0.15) is 17.6 Å². The van der Waals surface area contributed by atoms with Crippen molar-refractivity contribution in [2.45, 2.75) is 57.4 Å². The first kappa shape index (κ1) is 24.5. The molecule has 1 atom stereocenters. The Morgan fingerprint density at radius 2 is 2.03 bits per heavy atom. The zero-order chi connectivity index (χ0) is 25.1. The molecule has 0 aromatic carbocycles. The second-order valence-corrected chi connectivity index (χ2v) is 9.49. The van der Waals surface area contributed by atoms with Crippen LogP contribution in [0.5, 0.6) is 5.88 Å². The van der Waals surface area contributed by atoms with Gasteiger partial charge in [-0.2, -0.15) is 10.2 Å². The van der Waals surface area contributed by atoms with E-state index in [0.717, 1.165) is 60.2 Å². The first-order valence-corrected chi connectivity index (χ1v) is 12.6. The normalized spacial score (nSPS) is 18.9. The van der Waals surface area contributed by atoms with Crippen molar-refractivity contribution in [1.82, 2.24) is 29.5 Å². The lowest BCUT2D eigenvalue weighted by Gasteiger charge is -2.29. The van der Waals surface area contributed by atoms with Crippen LogP contribution >= 0.6 is 11.6 Å². The highest BCUT2D eigenvalue weighted by Crippen LogP contribution is 2.36. The van der Waals surface area contributed by atoms with Crippen LogP contribution in [-0.2, 0) is 6.54 Å². The molecule has 4 aromatic heterocycles. The Labute approximate surface area is 213 Å². The number of aliphatic hydroxyl groups excluding tert-OH is 2. The zero-order valence-electron chi connectivity index (χ0n) is 20.1. The molecular formula is C25H30ClN7O3. The van der Waals surface area contributed by atoms with Crippen molar-refractivity contribution in [3.05, 3.63) is 48.0 Å². The molecule has 4 aromatic rings. The van der Waals surface area contributed by atoms with Crippen LogP contribution in [0.1, 0.15) is 38.6 Å². The summed E-state index contributed by atoms with van der Waals surface area (Å²) in [7, 11) is 0. The summed E-state index contributed by atoms with van der Waals surface area (Å²) in [5.41, 5.74) is 2.65. The molecule has 0 saturated heterocycles. The molecule has 0 amide bonds. The molecule has 4 heterocycles. The summed E-state index contributed by atoms with van der Waals surface area (Å²) in [5, 5.41) is 33.2. The number of aliphatic hydroxyl groups is 2. The van der Waals surface area contributed by atoms with Gasteiger partial charge in [0, 0.05) is 53.2 Å². The van der Waals surface area contributed by atoms with Gasteiger partial charge in [-0.3, -0.25) is 9.36 Å². The molecule has 190 valence electrons.